The second-order valence-corrected chi connectivity index (χ2v) is 16.2. The summed E-state index contributed by atoms with van der Waals surface area (Å²) < 4.78 is 24.6. The molecule has 2 N–H and O–H groups in total. The molecule has 1 aromatic heterocycles. The Morgan fingerprint density at radius 3 is 2.49 bits per heavy atom. The molecule has 0 radical (unpaired) electrons. The normalized spacial score (nSPS) is 22.6. The zero-order chi connectivity index (χ0) is 31.8. The standard InChI is InChI=1S/C34H38FN5O4Si/c1-23-31(45(2,3)35)30(17-19-39-22-27(18-20-41)37-38-39)44-34(23)28-11-7-8-12-29(28)40(33(34)43)21-24-13-15-26(16-14-24)36-32(42)25-9-5-4-6-10-25/h4-16,22-23,30-31,41H,17-21H2,1-3H3,(H,36,42)/t23-,30+,31-,34+/m0/s1. The Bertz CT molecular complexity index is 1680. The first-order chi connectivity index (χ1) is 21.6. The number of aliphatic hydroxyl groups excluding tert-OH is 1. The van der Waals surface area contributed by atoms with Gasteiger partial charge in [-0.05, 0) is 55.4 Å². The summed E-state index contributed by atoms with van der Waals surface area (Å²) >= 11 is 0. The largest absolute Gasteiger partial charge is 0.396 e. The Labute approximate surface area is 263 Å². The lowest BCUT2D eigenvalue weighted by Crippen LogP contribution is -2.45. The number of anilines is 2. The number of fused-ring (bicyclic) bond motifs is 2. The number of halogens is 1. The van der Waals surface area contributed by atoms with Gasteiger partial charge in [-0.15, -0.1) is 5.10 Å². The average molecular weight is 628 g/mol. The van der Waals surface area contributed by atoms with Crippen molar-refractivity contribution in [3.05, 3.63) is 107 Å². The number of ether oxygens (including phenoxy) is 1. The van der Waals surface area contributed by atoms with Gasteiger partial charge in [0.05, 0.1) is 24.0 Å². The second kappa shape index (κ2) is 12.3. The van der Waals surface area contributed by atoms with Gasteiger partial charge in [-0.25, -0.2) is 0 Å². The molecule has 6 rings (SSSR count). The van der Waals surface area contributed by atoms with E-state index < -0.39 is 25.7 Å². The summed E-state index contributed by atoms with van der Waals surface area (Å²) in [6.07, 6.45) is 2.19. The number of amides is 2. The van der Waals surface area contributed by atoms with Crippen molar-refractivity contribution >= 4 is 31.6 Å². The van der Waals surface area contributed by atoms with Crippen LogP contribution in [0.15, 0.2) is 85.1 Å². The minimum absolute atomic E-state index is 0.0127. The molecule has 234 valence electrons. The van der Waals surface area contributed by atoms with E-state index in [-0.39, 0.29) is 24.3 Å². The van der Waals surface area contributed by atoms with Crippen LogP contribution in [0.2, 0.25) is 18.6 Å². The van der Waals surface area contributed by atoms with Crippen molar-refractivity contribution in [3.63, 3.8) is 0 Å². The summed E-state index contributed by atoms with van der Waals surface area (Å²) in [5.41, 5.74) is 2.62. The Kier molecular flexibility index (Phi) is 8.42. The quantitative estimate of drug-likeness (QED) is 0.178. The summed E-state index contributed by atoms with van der Waals surface area (Å²) in [7, 11) is -3.29. The number of para-hydroxylation sites is 1. The molecule has 3 aromatic carbocycles. The zero-order valence-corrected chi connectivity index (χ0v) is 26.7. The van der Waals surface area contributed by atoms with Crippen LogP contribution in [0.3, 0.4) is 0 Å². The molecule has 9 nitrogen and oxygen atoms in total. The van der Waals surface area contributed by atoms with Crippen LogP contribution in [0, 0.1) is 5.92 Å². The molecule has 0 unspecified atom stereocenters. The van der Waals surface area contributed by atoms with E-state index in [1.54, 1.807) is 41.0 Å². The molecule has 1 spiro atoms. The zero-order valence-electron chi connectivity index (χ0n) is 25.7. The fourth-order valence-corrected chi connectivity index (χ4v) is 9.58. The minimum Gasteiger partial charge on any atom is -0.396 e. The number of aryl methyl sites for hydroxylation is 1. The number of carbonyl (C=O) groups is 2. The van der Waals surface area contributed by atoms with Gasteiger partial charge in [-0.1, -0.05) is 60.7 Å². The summed E-state index contributed by atoms with van der Waals surface area (Å²) in [4.78, 5) is 28.9. The van der Waals surface area contributed by atoms with Crippen LogP contribution in [0.4, 0.5) is 15.5 Å². The molecule has 11 heteroatoms. The molecule has 4 aromatic rings. The Morgan fingerprint density at radius 2 is 1.78 bits per heavy atom. The lowest BCUT2D eigenvalue weighted by molar-refractivity contribution is -0.146. The molecule has 0 bridgehead atoms. The van der Waals surface area contributed by atoms with Gasteiger partial charge in [0.2, 0.25) is 8.41 Å². The molecule has 1 fully saturated rings. The molecule has 0 saturated carbocycles. The Balaban J connectivity index is 1.24. The number of nitrogens with zero attached hydrogens (tertiary/aromatic N) is 4. The van der Waals surface area contributed by atoms with E-state index in [1.165, 1.54) is 0 Å². The number of benzene rings is 3. The van der Waals surface area contributed by atoms with E-state index in [1.807, 2.05) is 73.7 Å². The molecule has 3 heterocycles. The number of rotatable bonds is 10. The first-order valence-corrected chi connectivity index (χ1v) is 18.3. The highest BCUT2D eigenvalue weighted by Crippen LogP contribution is 2.60. The molecule has 2 aliphatic rings. The van der Waals surface area contributed by atoms with Crippen LogP contribution in [0.25, 0.3) is 0 Å². The fourth-order valence-electron chi connectivity index (χ4n) is 7.03. The van der Waals surface area contributed by atoms with Crippen molar-refractivity contribution in [2.24, 2.45) is 5.92 Å². The summed E-state index contributed by atoms with van der Waals surface area (Å²) in [5.74, 6) is -0.766. The third-order valence-corrected chi connectivity index (χ3v) is 11.5. The lowest BCUT2D eigenvalue weighted by Gasteiger charge is -2.31. The van der Waals surface area contributed by atoms with Crippen molar-refractivity contribution in [1.82, 2.24) is 15.0 Å². The Hall–Kier alpha value is -4.19. The van der Waals surface area contributed by atoms with Gasteiger partial charge in [-0.3, -0.25) is 14.3 Å². The van der Waals surface area contributed by atoms with Gasteiger partial charge in [-0.2, -0.15) is 0 Å². The van der Waals surface area contributed by atoms with Crippen molar-refractivity contribution in [2.45, 2.75) is 63.2 Å². The SMILES string of the molecule is C[C@H]1[C@H]([Si](C)(C)F)[C@@H](CCn2cc(CCO)nn2)O[C@]12C(=O)N(Cc1ccc(NC(=O)c3ccccc3)cc1)c1ccccc12. The van der Waals surface area contributed by atoms with E-state index in [9.17, 15) is 14.7 Å². The first kappa shape index (κ1) is 30.8. The summed E-state index contributed by atoms with van der Waals surface area (Å²) in [6.45, 7) is 6.09. The maximum absolute atomic E-state index is 16.1. The van der Waals surface area contributed by atoms with Gasteiger partial charge in [0.25, 0.3) is 11.8 Å². The fraction of sp³-hybridized carbons (Fsp3) is 0.353. The number of carbonyl (C=O) groups excluding carboxylic acids is 2. The summed E-state index contributed by atoms with van der Waals surface area (Å²) in [6, 6.07) is 24.1. The number of hydrogen-bond acceptors (Lipinski definition) is 6. The smallest absolute Gasteiger partial charge is 0.264 e. The van der Waals surface area contributed by atoms with E-state index in [4.69, 9.17) is 4.74 Å². The van der Waals surface area contributed by atoms with E-state index >= 15 is 4.11 Å². The third-order valence-electron chi connectivity index (χ3n) is 9.05. The molecular formula is C34H38FN5O4Si. The molecule has 0 aliphatic carbocycles. The highest BCUT2D eigenvalue weighted by Gasteiger charge is 2.66. The molecule has 4 atom stereocenters. The number of nitrogens with one attached hydrogen (secondary N) is 1. The second-order valence-electron chi connectivity index (χ2n) is 12.4. The first-order valence-electron chi connectivity index (χ1n) is 15.3. The van der Waals surface area contributed by atoms with Crippen LogP contribution >= 0.6 is 0 Å². The molecule has 2 aliphatic heterocycles. The highest BCUT2D eigenvalue weighted by atomic mass is 28.4. The maximum Gasteiger partial charge on any atom is 0.264 e. The monoisotopic (exact) mass is 627 g/mol. The average Bonchev–Trinajstić information content (AvgIpc) is 3.67. The van der Waals surface area contributed by atoms with Gasteiger partial charge in [0, 0.05) is 54.0 Å². The van der Waals surface area contributed by atoms with E-state index in [2.05, 4.69) is 15.6 Å². The summed E-state index contributed by atoms with van der Waals surface area (Å²) in [5, 5.41) is 20.4. The van der Waals surface area contributed by atoms with Gasteiger partial charge in [0.15, 0.2) is 5.60 Å². The van der Waals surface area contributed by atoms with Crippen molar-refractivity contribution < 1.29 is 23.5 Å². The van der Waals surface area contributed by atoms with Gasteiger partial charge in [0.1, 0.15) is 0 Å². The molecule has 2 amide bonds. The topological polar surface area (TPSA) is 110 Å². The van der Waals surface area contributed by atoms with Crippen LogP contribution in [-0.4, -0.2) is 53.0 Å². The third kappa shape index (κ3) is 5.83. The van der Waals surface area contributed by atoms with Crippen LogP contribution < -0.4 is 10.2 Å². The van der Waals surface area contributed by atoms with Crippen molar-refractivity contribution in [3.8, 4) is 0 Å². The molecule has 45 heavy (non-hydrogen) atoms. The highest BCUT2D eigenvalue weighted by molar-refractivity contribution is 6.72. The predicted molar refractivity (Wildman–Crippen MR) is 172 cm³/mol. The molecule has 1 saturated heterocycles. The number of hydrogen-bond donors (Lipinski definition) is 2. The number of aromatic nitrogens is 3. The lowest BCUT2D eigenvalue weighted by atomic mass is 9.82. The number of aliphatic hydroxyl groups is 1. The van der Waals surface area contributed by atoms with Crippen LogP contribution in [0.1, 0.15) is 40.5 Å². The maximum atomic E-state index is 16.1. The van der Waals surface area contributed by atoms with Crippen LogP contribution in [-0.2, 0) is 34.6 Å². The van der Waals surface area contributed by atoms with E-state index in [0.717, 1.165) is 16.8 Å². The van der Waals surface area contributed by atoms with Crippen LogP contribution in [0.5, 0.6) is 0 Å². The van der Waals surface area contributed by atoms with Gasteiger partial charge < -0.3 is 24.2 Å². The Morgan fingerprint density at radius 1 is 1.07 bits per heavy atom. The predicted octanol–water partition coefficient (Wildman–Crippen LogP) is 5.48. The molecular weight excluding hydrogens is 589 g/mol. The minimum atomic E-state index is -3.29. The van der Waals surface area contributed by atoms with Crippen molar-refractivity contribution in [1.29, 1.82) is 0 Å². The van der Waals surface area contributed by atoms with Gasteiger partial charge >= 0.3 is 0 Å². The van der Waals surface area contributed by atoms with Crippen molar-refractivity contribution in [2.75, 3.05) is 16.8 Å². The van der Waals surface area contributed by atoms with E-state index in [0.29, 0.717) is 42.9 Å².